The summed E-state index contributed by atoms with van der Waals surface area (Å²) in [5, 5.41) is 10.7. The molecule has 0 amide bonds. The number of benzene rings is 1. The average molecular weight is 279 g/mol. The van der Waals surface area contributed by atoms with Gasteiger partial charge in [0.15, 0.2) is 0 Å². The molecular formula is C13H11F2N3O2. The van der Waals surface area contributed by atoms with Crippen LogP contribution < -0.4 is 4.90 Å². The first-order chi connectivity index (χ1) is 9.41. The van der Waals surface area contributed by atoms with Crippen LogP contribution in [0.2, 0.25) is 0 Å². The Morgan fingerprint density at radius 1 is 1.25 bits per heavy atom. The minimum absolute atomic E-state index is 0.109. The molecule has 0 N–H and O–H groups in total. The van der Waals surface area contributed by atoms with Crippen LogP contribution in [0.15, 0.2) is 30.5 Å². The third-order valence-electron chi connectivity index (χ3n) is 2.79. The van der Waals surface area contributed by atoms with Crippen molar-refractivity contribution in [1.29, 1.82) is 0 Å². The molecule has 0 aliphatic heterocycles. The van der Waals surface area contributed by atoms with E-state index in [-0.39, 0.29) is 11.3 Å². The van der Waals surface area contributed by atoms with Gasteiger partial charge in [0, 0.05) is 31.5 Å². The van der Waals surface area contributed by atoms with E-state index >= 15 is 0 Å². The lowest BCUT2D eigenvalue weighted by molar-refractivity contribution is -0.390. The van der Waals surface area contributed by atoms with E-state index in [0.29, 0.717) is 0 Å². The highest BCUT2D eigenvalue weighted by molar-refractivity contribution is 5.67. The fourth-order valence-corrected chi connectivity index (χ4v) is 1.75. The zero-order valence-electron chi connectivity index (χ0n) is 10.8. The first-order valence-electron chi connectivity index (χ1n) is 5.68. The standard InChI is InChI=1S/C13H11F2N3O2/c1-17(2)8-5-6-16-11(7-8)9-3-4-10(14)13(12(9)15)18(19)20/h3-7H,1-2H3. The molecule has 0 atom stereocenters. The topological polar surface area (TPSA) is 59.3 Å². The summed E-state index contributed by atoms with van der Waals surface area (Å²) in [6.07, 6.45) is 1.46. The van der Waals surface area contributed by atoms with Crippen LogP contribution in [0.5, 0.6) is 0 Å². The maximum atomic E-state index is 14.1. The van der Waals surface area contributed by atoms with Gasteiger partial charge in [-0.1, -0.05) is 0 Å². The van der Waals surface area contributed by atoms with Crippen molar-refractivity contribution in [3.05, 3.63) is 52.2 Å². The number of nitro groups is 1. The van der Waals surface area contributed by atoms with E-state index in [9.17, 15) is 18.9 Å². The highest BCUT2D eigenvalue weighted by Gasteiger charge is 2.25. The number of hydrogen-bond donors (Lipinski definition) is 0. The predicted molar refractivity (Wildman–Crippen MR) is 70.6 cm³/mol. The summed E-state index contributed by atoms with van der Waals surface area (Å²) in [6, 6.07) is 5.28. The van der Waals surface area contributed by atoms with E-state index < -0.39 is 22.2 Å². The Balaban J connectivity index is 2.62. The van der Waals surface area contributed by atoms with Gasteiger partial charge in [0.25, 0.3) is 0 Å². The van der Waals surface area contributed by atoms with Gasteiger partial charge in [-0.05, 0) is 24.3 Å². The molecule has 2 aromatic rings. The second-order valence-electron chi connectivity index (χ2n) is 4.31. The van der Waals surface area contributed by atoms with Crippen LogP contribution in [-0.4, -0.2) is 24.0 Å². The molecule has 1 aromatic carbocycles. The lowest BCUT2D eigenvalue weighted by Crippen LogP contribution is -2.08. The summed E-state index contributed by atoms with van der Waals surface area (Å²) in [6.45, 7) is 0. The zero-order chi connectivity index (χ0) is 14.9. The van der Waals surface area contributed by atoms with E-state index in [1.807, 2.05) is 0 Å². The van der Waals surface area contributed by atoms with E-state index in [0.717, 1.165) is 17.8 Å². The Hall–Kier alpha value is -2.57. The first-order valence-corrected chi connectivity index (χ1v) is 5.68. The molecule has 20 heavy (non-hydrogen) atoms. The van der Waals surface area contributed by atoms with Gasteiger partial charge in [-0.15, -0.1) is 0 Å². The number of halogens is 2. The SMILES string of the molecule is CN(C)c1ccnc(-c2ccc(F)c([N+](=O)[O-])c2F)c1. The van der Waals surface area contributed by atoms with Gasteiger partial charge in [-0.3, -0.25) is 15.1 Å². The van der Waals surface area contributed by atoms with Gasteiger partial charge in [0.05, 0.1) is 10.6 Å². The van der Waals surface area contributed by atoms with E-state index in [2.05, 4.69) is 4.98 Å². The molecule has 0 spiro atoms. The van der Waals surface area contributed by atoms with Crippen molar-refractivity contribution < 1.29 is 13.7 Å². The van der Waals surface area contributed by atoms with E-state index in [1.165, 1.54) is 6.20 Å². The molecule has 0 unspecified atom stereocenters. The molecule has 0 aliphatic rings. The minimum Gasteiger partial charge on any atom is -0.378 e. The van der Waals surface area contributed by atoms with Crippen molar-refractivity contribution in [3.63, 3.8) is 0 Å². The fourth-order valence-electron chi connectivity index (χ4n) is 1.75. The third-order valence-corrected chi connectivity index (χ3v) is 2.79. The van der Waals surface area contributed by atoms with Gasteiger partial charge < -0.3 is 4.90 Å². The molecule has 0 radical (unpaired) electrons. The van der Waals surface area contributed by atoms with Crippen molar-refractivity contribution in [2.24, 2.45) is 0 Å². The van der Waals surface area contributed by atoms with Crippen LogP contribution in [0, 0.1) is 21.7 Å². The Morgan fingerprint density at radius 3 is 2.55 bits per heavy atom. The second kappa shape index (κ2) is 5.20. The van der Waals surface area contributed by atoms with Crippen LogP contribution >= 0.6 is 0 Å². The van der Waals surface area contributed by atoms with Crippen LogP contribution in [0.4, 0.5) is 20.2 Å². The third kappa shape index (κ3) is 2.42. The molecule has 0 aliphatic carbocycles. The smallest absolute Gasteiger partial charge is 0.340 e. The van der Waals surface area contributed by atoms with Crippen molar-refractivity contribution in [2.75, 3.05) is 19.0 Å². The van der Waals surface area contributed by atoms with Crippen LogP contribution in [0.3, 0.4) is 0 Å². The van der Waals surface area contributed by atoms with Crippen molar-refractivity contribution in [3.8, 4) is 11.3 Å². The van der Waals surface area contributed by atoms with Gasteiger partial charge in [0.2, 0.25) is 11.6 Å². The monoisotopic (exact) mass is 279 g/mol. The van der Waals surface area contributed by atoms with E-state index in [1.54, 1.807) is 31.1 Å². The molecule has 104 valence electrons. The van der Waals surface area contributed by atoms with Crippen molar-refractivity contribution in [2.45, 2.75) is 0 Å². The summed E-state index contributed by atoms with van der Waals surface area (Å²) in [5.74, 6) is -2.43. The zero-order valence-corrected chi connectivity index (χ0v) is 10.8. The number of rotatable bonds is 3. The van der Waals surface area contributed by atoms with Gasteiger partial charge in [-0.25, -0.2) is 0 Å². The lowest BCUT2D eigenvalue weighted by atomic mass is 10.1. The fraction of sp³-hybridized carbons (Fsp3) is 0.154. The number of nitro benzene ring substituents is 1. The molecule has 1 heterocycles. The predicted octanol–water partition coefficient (Wildman–Crippen LogP) is 3.00. The molecule has 5 nitrogen and oxygen atoms in total. The summed E-state index contributed by atoms with van der Waals surface area (Å²) in [4.78, 5) is 15.4. The quantitative estimate of drug-likeness (QED) is 0.640. The maximum Gasteiger partial charge on any atom is 0.340 e. The van der Waals surface area contributed by atoms with Crippen LogP contribution in [0.25, 0.3) is 11.3 Å². The van der Waals surface area contributed by atoms with Crippen molar-refractivity contribution >= 4 is 11.4 Å². The molecule has 0 saturated heterocycles. The minimum atomic E-state index is -1.22. The summed E-state index contributed by atoms with van der Waals surface area (Å²) >= 11 is 0. The van der Waals surface area contributed by atoms with Crippen molar-refractivity contribution in [1.82, 2.24) is 4.98 Å². The van der Waals surface area contributed by atoms with E-state index in [4.69, 9.17) is 0 Å². The normalized spacial score (nSPS) is 10.4. The molecule has 7 heteroatoms. The summed E-state index contributed by atoms with van der Waals surface area (Å²) in [7, 11) is 3.59. The summed E-state index contributed by atoms with van der Waals surface area (Å²) < 4.78 is 27.4. The molecule has 2 rings (SSSR count). The van der Waals surface area contributed by atoms with Gasteiger partial charge >= 0.3 is 5.69 Å². The Bertz CT molecular complexity index is 675. The van der Waals surface area contributed by atoms with Crippen LogP contribution in [-0.2, 0) is 0 Å². The number of pyridine rings is 1. The van der Waals surface area contributed by atoms with Crippen LogP contribution in [0.1, 0.15) is 0 Å². The summed E-state index contributed by atoms with van der Waals surface area (Å²) in [5.41, 5.74) is -0.320. The average Bonchev–Trinajstić information content (AvgIpc) is 2.38. The van der Waals surface area contributed by atoms with Gasteiger partial charge in [-0.2, -0.15) is 8.78 Å². The lowest BCUT2D eigenvalue weighted by Gasteiger charge is -2.13. The number of aromatic nitrogens is 1. The van der Waals surface area contributed by atoms with Gasteiger partial charge in [0.1, 0.15) is 0 Å². The Labute approximate surface area is 113 Å². The molecule has 0 saturated carbocycles. The Morgan fingerprint density at radius 2 is 1.95 bits per heavy atom. The number of anilines is 1. The number of nitrogens with zero attached hydrogens (tertiary/aromatic N) is 3. The Kier molecular flexibility index (Phi) is 3.60. The molecular weight excluding hydrogens is 268 g/mol. The highest BCUT2D eigenvalue weighted by atomic mass is 19.1. The first kappa shape index (κ1) is 13.9. The molecule has 1 aromatic heterocycles. The molecule has 0 fully saturated rings. The maximum absolute atomic E-state index is 14.1. The number of hydrogen-bond acceptors (Lipinski definition) is 4. The second-order valence-corrected chi connectivity index (χ2v) is 4.31. The molecule has 0 bridgehead atoms. The highest BCUT2D eigenvalue weighted by Crippen LogP contribution is 2.31. The largest absolute Gasteiger partial charge is 0.378 e.